The number of hydroxylamine groups is 1. The molecular weight excluding hydrogens is 180 g/mol. The topological polar surface area (TPSA) is 78.4 Å². The van der Waals surface area contributed by atoms with Gasteiger partial charge in [0.15, 0.2) is 0 Å². The first kappa shape index (κ1) is 11.2. The molecule has 0 aliphatic rings. The molecule has 0 aromatic carbocycles. The summed E-state index contributed by atoms with van der Waals surface area (Å²) < 4.78 is 0. The van der Waals surface area contributed by atoms with Gasteiger partial charge in [0.05, 0.1) is 0 Å². The number of amides is 2. The summed E-state index contributed by atoms with van der Waals surface area (Å²) >= 11 is 1.41. The highest BCUT2D eigenvalue weighted by Gasteiger charge is 2.17. The van der Waals surface area contributed by atoms with Crippen LogP contribution in [0.5, 0.6) is 0 Å². The Balaban J connectivity index is 4.02. The van der Waals surface area contributed by atoms with Gasteiger partial charge in [-0.15, -0.1) is 0 Å². The SMILES string of the molecule is CSCC(NC(C)=O)C(=O)NO. The van der Waals surface area contributed by atoms with Crippen LogP contribution in [-0.2, 0) is 9.59 Å². The van der Waals surface area contributed by atoms with Gasteiger partial charge in [0, 0.05) is 12.7 Å². The minimum absolute atomic E-state index is 0.294. The van der Waals surface area contributed by atoms with Crippen LogP contribution in [0.1, 0.15) is 6.92 Å². The molecule has 0 aromatic rings. The molecule has 0 heterocycles. The molecule has 0 aromatic heterocycles. The van der Waals surface area contributed by atoms with Crippen molar-refractivity contribution in [3.05, 3.63) is 0 Å². The van der Waals surface area contributed by atoms with Crippen LogP contribution in [0.25, 0.3) is 0 Å². The number of nitrogens with one attached hydrogen (secondary N) is 2. The van der Waals surface area contributed by atoms with Crippen molar-refractivity contribution < 1.29 is 14.8 Å². The fraction of sp³-hybridized carbons (Fsp3) is 0.667. The average Bonchev–Trinajstić information content (AvgIpc) is 2.01. The molecular formula is C6H12N2O3S. The van der Waals surface area contributed by atoms with E-state index in [2.05, 4.69) is 5.32 Å². The van der Waals surface area contributed by atoms with Crippen molar-refractivity contribution >= 4 is 23.6 Å². The summed E-state index contributed by atoms with van der Waals surface area (Å²) in [4.78, 5) is 21.4. The first-order valence-electron chi connectivity index (χ1n) is 3.31. The first-order chi connectivity index (χ1) is 5.61. The molecule has 6 heteroatoms. The molecule has 0 aliphatic heterocycles. The summed E-state index contributed by atoms with van der Waals surface area (Å²) in [5.74, 6) is -0.455. The fourth-order valence-corrected chi connectivity index (χ4v) is 1.24. The lowest BCUT2D eigenvalue weighted by Gasteiger charge is -2.13. The van der Waals surface area contributed by atoms with E-state index in [1.54, 1.807) is 6.26 Å². The van der Waals surface area contributed by atoms with Gasteiger partial charge in [-0.1, -0.05) is 0 Å². The van der Waals surface area contributed by atoms with E-state index in [0.717, 1.165) is 0 Å². The Kier molecular flexibility index (Phi) is 5.48. The van der Waals surface area contributed by atoms with Gasteiger partial charge in [-0.2, -0.15) is 11.8 Å². The lowest BCUT2D eigenvalue weighted by atomic mass is 10.3. The monoisotopic (exact) mass is 192 g/mol. The Morgan fingerprint density at radius 1 is 1.58 bits per heavy atom. The Bertz CT molecular complexity index is 174. The Hall–Kier alpha value is -0.750. The molecule has 1 unspecified atom stereocenters. The lowest BCUT2D eigenvalue weighted by molar-refractivity contribution is -0.133. The zero-order valence-electron chi connectivity index (χ0n) is 6.96. The van der Waals surface area contributed by atoms with Crippen molar-refractivity contribution in [2.75, 3.05) is 12.0 Å². The molecule has 0 saturated carbocycles. The third-order valence-corrected chi connectivity index (χ3v) is 1.80. The van der Waals surface area contributed by atoms with Gasteiger partial charge in [-0.3, -0.25) is 14.8 Å². The van der Waals surface area contributed by atoms with E-state index in [0.29, 0.717) is 5.75 Å². The highest BCUT2D eigenvalue weighted by molar-refractivity contribution is 7.98. The van der Waals surface area contributed by atoms with Crippen LogP contribution in [0.4, 0.5) is 0 Å². The van der Waals surface area contributed by atoms with Crippen molar-refractivity contribution in [1.29, 1.82) is 0 Å². The van der Waals surface area contributed by atoms with Crippen molar-refractivity contribution in [2.24, 2.45) is 0 Å². The van der Waals surface area contributed by atoms with Crippen molar-refractivity contribution in [3.8, 4) is 0 Å². The molecule has 3 N–H and O–H groups in total. The van der Waals surface area contributed by atoms with Gasteiger partial charge in [0.2, 0.25) is 5.91 Å². The highest BCUT2D eigenvalue weighted by atomic mass is 32.2. The smallest absolute Gasteiger partial charge is 0.266 e. The van der Waals surface area contributed by atoms with Crippen LogP contribution in [0.2, 0.25) is 0 Å². The number of hydrogen-bond acceptors (Lipinski definition) is 4. The number of hydrogen-bond donors (Lipinski definition) is 3. The summed E-state index contributed by atoms with van der Waals surface area (Å²) in [6.45, 7) is 1.32. The molecule has 1 atom stereocenters. The molecule has 5 nitrogen and oxygen atoms in total. The molecule has 0 spiro atoms. The Labute approximate surface area is 74.9 Å². The summed E-state index contributed by atoms with van der Waals surface area (Å²) in [5, 5.41) is 10.7. The molecule has 70 valence electrons. The van der Waals surface area contributed by atoms with E-state index < -0.39 is 11.9 Å². The summed E-state index contributed by atoms with van der Waals surface area (Å²) in [6, 6.07) is -0.664. The van der Waals surface area contributed by atoms with Crippen LogP contribution < -0.4 is 10.8 Å². The van der Waals surface area contributed by atoms with E-state index in [1.807, 2.05) is 0 Å². The third kappa shape index (κ3) is 4.20. The molecule has 0 rings (SSSR count). The minimum atomic E-state index is -0.664. The normalized spacial score (nSPS) is 11.9. The van der Waals surface area contributed by atoms with Crippen LogP contribution >= 0.6 is 11.8 Å². The summed E-state index contributed by atoms with van der Waals surface area (Å²) in [5.41, 5.74) is 1.49. The lowest BCUT2D eigenvalue weighted by Crippen LogP contribution is -2.46. The second kappa shape index (κ2) is 5.84. The van der Waals surface area contributed by atoms with Gasteiger partial charge in [0.25, 0.3) is 5.91 Å². The van der Waals surface area contributed by atoms with Crippen molar-refractivity contribution in [2.45, 2.75) is 13.0 Å². The molecule has 0 saturated heterocycles. The number of thioether (sulfide) groups is 1. The van der Waals surface area contributed by atoms with E-state index in [1.165, 1.54) is 24.2 Å². The van der Waals surface area contributed by atoms with Crippen molar-refractivity contribution in [1.82, 2.24) is 10.8 Å². The van der Waals surface area contributed by atoms with E-state index in [4.69, 9.17) is 5.21 Å². The predicted octanol–water partition coefficient (Wildman–Crippen LogP) is -0.640. The molecule has 0 fully saturated rings. The number of carbonyl (C=O) groups excluding carboxylic acids is 2. The molecule has 2 amide bonds. The average molecular weight is 192 g/mol. The van der Waals surface area contributed by atoms with Crippen LogP contribution in [0, 0.1) is 0 Å². The van der Waals surface area contributed by atoms with Crippen LogP contribution in [0.15, 0.2) is 0 Å². The molecule has 0 radical (unpaired) electrons. The van der Waals surface area contributed by atoms with Gasteiger partial charge < -0.3 is 5.32 Å². The van der Waals surface area contributed by atoms with Crippen molar-refractivity contribution in [3.63, 3.8) is 0 Å². The van der Waals surface area contributed by atoms with Crippen LogP contribution in [-0.4, -0.2) is 35.1 Å². The molecule has 12 heavy (non-hydrogen) atoms. The van der Waals surface area contributed by atoms with E-state index >= 15 is 0 Å². The predicted molar refractivity (Wildman–Crippen MR) is 45.9 cm³/mol. The number of carbonyl (C=O) groups is 2. The molecule has 0 aliphatic carbocycles. The van der Waals surface area contributed by atoms with Gasteiger partial charge in [0.1, 0.15) is 6.04 Å². The number of rotatable bonds is 4. The fourth-order valence-electron chi connectivity index (χ4n) is 0.673. The van der Waals surface area contributed by atoms with Gasteiger partial charge >= 0.3 is 0 Å². The van der Waals surface area contributed by atoms with Gasteiger partial charge in [-0.05, 0) is 6.26 Å². The third-order valence-electron chi connectivity index (χ3n) is 1.14. The maximum absolute atomic E-state index is 10.8. The maximum atomic E-state index is 10.8. The Morgan fingerprint density at radius 2 is 2.17 bits per heavy atom. The summed E-state index contributed by atoms with van der Waals surface area (Å²) in [7, 11) is 0. The first-order valence-corrected chi connectivity index (χ1v) is 4.71. The largest absolute Gasteiger partial charge is 0.344 e. The molecule has 0 bridgehead atoms. The second-order valence-electron chi connectivity index (χ2n) is 2.18. The summed E-state index contributed by atoms with van der Waals surface area (Å²) in [6.07, 6.45) is 1.81. The van der Waals surface area contributed by atoms with E-state index in [9.17, 15) is 9.59 Å². The quantitative estimate of drug-likeness (QED) is 0.409. The highest BCUT2D eigenvalue weighted by Crippen LogP contribution is 1.96. The Morgan fingerprint density at radius 3 is 2.50 bits per heavy atom. The van der Waals surface area contributed by atoms with E-state index in [-0.39, 0.29) is 5.91 Å². The zero-order valence-corrected chi connectivity index (χ0v) is 7.77. The zero-order chi connectivity index (χ0) is 9.56. The second-order valence-corrected chi connectivity index (χ2v) is 3.10. The minimum Gasteiger partial charge on any atom is -0.344 e. The maximum Gasteiger partial charge on any atom is 0.266 e. The standard InChI is InChI=1S/C6H12N2O3S/c1-4(9)7-5(3-12-2)6(10)8-11/h5,11H,3H2,1-2H3,(H,7,9)(H,8,10). The van der Waals surface area contributed by atoms with Crippen LogP contribution in [0.3, 0.4) is 0 Å². The van der Waals surface area contributed by atoms with Gasteiger partial charge in [-0.25, -0.2) is 5.48 Å².